The molecule has 0 aliphatic carbocycles. The number of hydrogen-bond acceptors (Lipinski definition) is 12. The molecule has 0 fully saturated rings. The van der Waals surface area contributed by atoms with Crippen molar-refractivity contribution in [2.75, 3.05) is 132 Å². The van der Waals surface area contributed by atoms with Gasteiger partial charge in [-0.3, -0.25) is 0 Å². The van der Waals surface area contributed by atoms with Gasteiger partial charge in [-0.15, -0.1) is 0 Å². The first kappa shape index (κ1) is 49.4. The van der Waals surface area contributed by atoms with Crippen LogP contribution < -0.4 is 9.47 Å². The van der Waals surface area contributed by atoms with Crippen LogP contribution in [-0.2, 0) is 49.2 Å². The van der Waals surface area contributed by atoms with E-state index in [1.807, 2.05) is 6.07 Å². The molecule has 53 heavy (non-hydrogen) atoms. The van der Waals surface area contributed by atoms with Gasteiger partial charge in [-0.1, -0.05) is 84.1 Å². The Morgan fingerprint density at radius 1 is 0.358 bits per heavy atom. The second-order valence-electron chi connectivity index (χ2n) is 12.7. The van der Waals surface area contributed by atoms with Crippen LogP contribution in [0, 0.1) is 0 Å². The third-order valence-electron chi connectivity index (χ3n) is 8.00. The van der Waals surface area contributed by atoms with Crippen LogP contribution in [0.5, 0.6) is 11.5 Å². The van der Waals surface area contributed by atoms with Gasteiger partial charge in [0.1, 0.15) is 0 Å². The van der Waals surface area contributed by atoms with Crippen molar-refractivity contribution in [1.82, 2.24) is 0 Å². The Bertz CT molecular complexity index is 862. The second-order valence-corrected chi connectivity index (χ2v) is 12.7. The Hall–Kier alpha value is -1.58. The van der Waals surface area contributed by atoms with Gasteiger partial charge in [0.15, 0.2) is 11.5 Å². The molecule has 0 radical (unpaired) electrons. The fourth-order valence-corrected chi connectivity index (χ4v) is 5.02. The Kier molecular flexibility index (Phi) is 38.8. The summed E-state index contributed by atoms with van der Waals surface area (Å²) in [4.78, 5) is 0. The van der Waals surface area contributed by atoms with Gasteiger partial charge < -0.3 is 57.2 Å². The maximum atomic E-state index is 8.61. The lowest BCUT2D eigenvalue weighted by atomic mass is 10.1. The van der Waals surface area contributed by atoms with Crippen molar-refractivity contribution in [1.29, 1.82) is 0 Å². The van der Waals surface area contributed by atoms with E-state index in [0.29, 0.717) is 126 Å². The molecule has 1 rings (SSSR count). The molecular formula is C41H76O12. The van der Waals surface area contributed by atoms with Crippen LogP contribution in [0.3, 0.4) is 0 Å². The molecule has 0 amide bonds. The monoisotopic (exact) mass is 761 g/mol. The van der Waals surface area contributed by atoms with Gasteiger partial charge in [0.25, 0.3) is 0 Å². The fourth-order valence-electron chi connectivity index (χ4n) is 5.02. The van der Waals surface area contributed by atoms with Crippen LogP contribution in [0.1, 0.15) is 96.5 Å². The summed E-state index contributed by atoms with van der Waals surface area (Å²) >= 11 is 0. The van der Waals surface area contributed by atoms with Gasteiger partial charge >= 0.3 is 0 Å². The molecule has 0 spiro atoms. The number of aliphatic hydroxyl groups excluding tert-OH is 1. The predicted molar refractivity (Wildman–Crippen MR) is 207 cm³/mol. The van der Waals surface area contributed by atoms with Crippen LogP contribution in [0.4, 0.5) is 0 Å². The molecule has 0 saturated carbocycles. The molecule has 0 heterocycles. The Labute approximate surface area is 321 Å². The average molecular weight is 761 g/mol. The summed E-state index contributed by atoms with van der Waals surface area (Å²) < 4.78 is 61.8. The smallest absolute Gasteiger partial charge is 0.161 e. The molecule has 0 aromatic heterocycles. The molecular weight excluding hydrogens is 684 g/mol. The van der Waals surface area contributed by atoms with Crippen molar-refractivity contribution in [3.05, 3.63) is 23.8 Å². The number of rotatable bonds is 44. The van der Waals surface area contributed by atoms with Crippen molar-refractivity contribution in [3.8, 4) is 11.5 Å². The number of unbranched alkanes of at least 4 members (excludes halogenated alkanes) is 10. The molecule has 0 unspecified atom stereocenters. The summed E-state index contributed by atoms with van der Waals surface area (Å²) in [5.41, 5.74) is 1.06. The van der Waals surface area contributed by atoms with Gasteiger partial charge in [-0.2, -0.15) is 0 Å². The van der Waals surface area contributed by atoms with Crippen LogP contribution in [0.25, 0.3) is 0 Å². The zero-order valence-electron chi connectivity index (χ0n) is 33.5. The van der Waals surface area contributed by atoms with E-state index in [9.17, 15) is 0 Å². The van der Waals surface area contributed by atoms with Crippen molar-refractivity contribution < 1.29 is 57.2 Å². The lowest BCUT2D eigenvalue weighted by molar-refractivity contribution is -0.0258. The quantitative estimate of drug-likeness (QED) is 0.0704. The van der Waals surface area contributed by atoms with Gasteiger partial charge in [-0.25, -0.2) is 0 Å². The minimum Gasteiger partial charge on any atom is -0.490 e. The zero-order valence-corrected chi connectivity index (χ0v) is 33.5. The Morgan fingerprint density at radius 2 is 0.698 bits per heavy atom. The maximum absolute atomic E-state index is 8.61. The molecule has 0 aliphatic rings. The largest absolute Gasteiger partial charge is 0.490 e. The molecule has 0 bridgehead atoms. The highest BCUT2D eigenvalue weighted by Gasteiger charge is 2.08. The van der Waals surface area contributed by atoms with Crippen LogP contribution in [-0.4, -0.2) is 137 Å². The lowest BCUT2D eigenvalue weighted by Gasteiger charge is -2.15. The maximum Gasteiger partial charge on any atom is 0.161 e. The number of ether oxygens (including phenoxy) is 11. The minimum absolute atomic E-state index is 0.0263. The van der Waals surface area contributed by atoms with E-state index >= 15 is 0 Å². The van der Waals surface area contributed by atoms with E-state index in [1.54, 1.807) is 0 Å². The highest BCUT2D eigenvalue weighted by molar-refractivity contribution is 5.42. The van der Waals surface area contributed by atoms with E-state index in [-0.39, 0.29) is 6.61 Å². The summed E-state index contributed by atoms with van der Waals surface area (Å²) in [5, 5.41) is 8.61. The van der Waals surface area contributed by atoms with Crippen molar-refractivity contribution in [2.24, 2.45) is 0 Å². The number of aliphatic hydroxyl groups is 1. The minimum atomic E-state index is 0.0263. The molecule has 0 aliphatic heterocycles. The predicted octanol–water partition coefficient (Wildman–Crippen LogP) is 6.81. The van der Waals surface area contributed by atoms with Gasteiger partial charge in [0, 0.05) is 0 Å². The first-order valence-electron chi connectivity index (χ1n) is 20.5. The van der Waals surface area contributed by atoms with Crippen LogP contribution >= 0.6 is 0 Å². The first-order chi connectivity index (χ1) is 26.3. The Balaban J connectivity index is 2.00. The standard InChI is InChI=1S/C41H76O12/c1-3-5-7-9-11-13-18-52-40-16-15-39(37-41(40)53-19-14-12-10-8-6-4-2)38-51-36-35-50-34-33-49-32-31-48-30-29-47-28-27-46-26-25-45-24-23-44-22-21-43-20-17-42/h15-16,37,42H,3-14,17-36,38H2,1-2H3. The number of benzene rings is 1. The molecule has 0 saturated heterocycles. The third-order valence-corrected chi connectivity index (χ3v) is 8.00. The van der Waals surface area contributed by atoms with E-state index < -0.39 is 0 Å². The summed E-state index contributed by atoms with van der Waals surface area (Å²) in [6.07, 6.45) is 14.9. The first-order valence-corrected chi connectivity index (χ1v) is 20.5. The average Bonchev–Trinajstić information content (AvgIpc) is 3.17. The molecule has 0 atom stereocenters. The van der Waals surface area contributed by atoms with Crippen molar-refractivity contribution in [3.63, 3.8) is 0 Å². The van der Waals surface area contributed by atoms with E-state index in [0.717, 1.165) is 36.5 Å². The second kappa shape index (κ2) is 41.6. The molecule has 1 aromatic rings. The lowest BCUT2D eigenvalue weighted by Crippen LogP contribution is -2.15. The van der Waals surface area contributed by atoms with Crippen molar-refractivity contribution >= 4 is 0 Å². The molecule has 1 N–H and O–H groups in total. The SMILES string of the molecule is CCCCCCCCOc1ccc(COCCOCCOCCOCCOCCOCCOCCOCCOCCO)cc1OCCCCCCCC. The highest BCUT2D eigenvalue weighted by atomic mass is 16.6. The Morgan fingerprint density at radius 3 is 1.09 bits per heavy atom. The van der Waals surface area contributed by atoms with E-state index in [4.69, 9.17) is 57.2 Å². The zero-order chi connectivity index (χ0) is 38.0. The van der Waals surface area contributed by atoms with E-state index in [2.05, 4.69) is 26.0 Å². The summed E-state index contributed by atoms with van der Waals surface area (Å²) in [6.45, 7) is 14.8. The number of hydrogen-bond donors (Lipinski definition) is 1. The summed E-state index contributed by atoms with van der Waals surface area (Å²) in [7, 11) is 0. The fraction of sp³-hybridized carbons (Fsp3) is 0.854. The molecule has 312 valence electrons. The third kappa shape index (κ3) is 34.6. The summed E-state index contributed by atoms with van der Waals surface area (Å²) in [6, 6.07) is 6.14. The van der Waals surface area contributed by atoms with Crippen molar-refractivity contribution in [2.45, 2.75) is 97.5 Å². The topological polar surface area (TPSA) is 122 Å². The van der Waals surface area contributed by atoms with Gasteiger partial charge in [0.05, 0.1) is 139 Å². The normalized spacial score (nSPS) is 11.5. The molecule has 12 nitrogen and oxygen atoms in total. The highest BCUT2D eigenvalue weighted by Crippen LogP contribution is 2.29. The molecule has 12 heteroatoms. The van der Waals surface area contributed by atoms with Crippen LogP contribution in [0.2, 0.25) is 0 Å². The van der Waals surface area contributed by atoms with E-state index in [1.165, 1.54) is 64.2 Å². The van der Waals surface area contributed by atoms with Gasteiger partial charge in [-0.05, 0) is 30.5 Å². The van der Waals surface area contributed by atoms with Gasteiger partial charge in [0.2, 0.25) is 0 Å². The molecule has 1 aromatic carbocycles. The summed E-state index contributed by atoms with van der Waals surface area (Å²) in [5.74, 6) is 1.64. The van der Waals surface area contributed by atoms with Crippen LogP contribution in [0.15, 0.2) is 18.2 Å².